The molecule has 0 N–H and O–H groups in total. The van der Waals surface area contributed by atoms with E-state index >= 15 is 0 Å². The third-order valence-electron chi connectivity index (χ3n) is 10.9. The van der Waals surface area contributed by atoms with Gasteiger partial charge in [-0.3, -0.25) is 0 Å². The van der Waals surface area contributed by atoms with Gasteiger partial charge in [0.05, 0.1) is 22.7 Å². The van der Waals surface area contributed by atoms with E-state index in [4.69, 9.17) is 0 Å². The summed E-state index contributed by atoms with van der Waals surface area (Å²) in [7, 11) is 0. The average Bonchev–Trinajstić information content (AvgIpc) is 3.30. The Kier molecular flexibility index (Phi) is 11.1. The van der Waals surface area contributed by atoms with Gasteiger partial charge >= 0.3 is 0 Å². The number of hydrogen-bond donors (Lipinski definition) is 0. The van der Waals surface area contributed by atoms with Crippen LogP contribution in [-0.4, -0.2) is 0 Å². The highest BCUT2D eigenvalue weighted by molar-refractivity contribution is 6.07. The molecule has 9 aromatic carbocycles. The van der Waals surface area contributed by atoms with Crippen molar-refractivity contribution in [2.75, 3.05) is 19.6 Å². The smallest absolute Gasteiger partial charge is 0.0968 e. The molecule has 0 aliphatic heterocycles. The molecular weight excluding hydrogens is 741 g/mol. The highest BCUT2D eigenvalue weighted by Gasteiger charge is 2.33. The lowest BCUT2D eigenvalue weighted by Crippen LogP contribution is -2.23. The standard InChI is InChI=1S/C57H48N4/c1-43-22-19-35-51(40-43)59(48-29-13-6-14-30-48)55-39-38-54(58(46-25-9-4-10-26-46)47-27-11-5-12-28-47)56(60(49-31-15-7-16-32-49)52-36-20-23-44(2)41-52)57(55)61(50-33-17-8-18-34-50)53-37-21-24-45(3)42-53/h4-42H,1-3H3. The Balaban J connectivity index is 1.53. The zero-order chi connectivity index (χ0) is 41.5. The van der Waals surface area contributed by atoms with Gasteiger partial charge in [0.25, 0.3) is 0 Å². The maximum atomic E-state index is 2.45. The molecule has 0 aliphatic rings. The zero-order valence-corrected chi connectivity index (χ0v) is 34.8. The lowest BCUT2D eigenvalue weighted by molar-refractivity contribution is 1.17. The topological polar surface area (TPSA) is 13.0 Å². The van der Waals surface area contributed by atoms with Crippen LogP contribution in [0.15, 0.2) is 237 Å². The van der Waals surface area contributed by atoms with Gasteiger partial charge in [-0.2, -0.15) is 0 Å². The van der Waals surface area contributed by atoms with Crippen LogP contribution in [0.3, 0.4) is 0 Å². The Bertz CT molecular complexity index is 2810. The summed E-state index contributed by atoms with van der Waals surface area (Å²) in [6, 6.07) is 84.9. The molecule has 0 saturated heterocycles. The van der Waals surface area contributed by atoms with E-state index in [9.17, 15) is 0 Å². The van der Waals surface area contributed by atoms with Crippen molar-refractivity contribution in [3.63, 3.8) is 0 Å². The Morgan fingerprint density at radius 3 is 0.721 bits per heavy atom. The van der Waals surface area contributed by atoms with E-state index in [-0.39, 0.29) is 0 Å². The maximum absolute atomic E-state index is 2.45. The predicted octanol–water partition coefficient (Wildman–Crippen LogP) is 16.5. The van der Waals surface area contributed by atoms with Crippen molar-refractivity contribution in [2.45, 2.75) is 20.8 Å². The molecule has 0 aliphatic carbocycles. The summed E-state index contributed by atoms with van der Waals surface area (Å²) in [6.07, 6.45) is 0. The van der Waals surface area contributed by atoms with Crippen LogP contribution in [0.25, 0.3) is 0 Å². The highest BCUT2D eigenvalue weighted by Crippen LogP contribution is 2.58. The van der Waals surface area contributed by atoms with E-state index in [0.717, 1.165) is 68.2 Å². The number of para-hydroxylation sites is 5. The lowest BCUT2D eigenvalue weighted by Gasteiger charge is -2.40. The first kappa shape index (κ1) is 38.7. The third kappa shape index (κ3) is 8.12. The summed E-state index contributed by atoms with van der Waals surface area (Å²) in [5.74, 6) is 0. The summed E-state index contributed by atoms with van der Waals surface area (Å²) in [4.78, 5) is 9.71. The van der Waals surface area contributed by atoms with Crippen LogP contribution < -0.4 is 19.6 Å². The molecule has 4 heteroatoms. The summed E-state index contributed by atoms with van der Waals surface area (Å²) in [5.41, 5.74) is 15.9. The van der Waals surface area contributed by atoms with Crippen molar-refractivity contribution >= 4 is 68.2 Å². The number of rotatable bonds is 12. The van der Waals surface area contributed by atoms with Crippen LogP contribution in [0.2, 0.25) is 0 Å². The molecule has 0 saturated carbocycles. The first-order valence-corrected chi connectivity index (χ1v) is 20.9. The van der Waals surface area contributed by atoms with E-state index in [1.807, 2.05) is 0 Å². The van der Waals surface area contributed by atoms with Gasteiger partial charge in [0.1, 0.15) is 0 Å². The highest BCUT2D eigenvalue weighted by atomic mass is 15.3. The summed E-state index contributed by atoms with van der Waals surface area (Å²) in [5, 5.41) is 0. The molecule has 0 amide bonds. The second kappa shape index (κ2) is 17.6. The molecule has 61 heavy (non-hydrogen) atoms. The van der Waals surface area contributed by atoms with Crippen molar-refractivity contribution in [1.82, 2.24) is 0 Å². The lowest BCUT2D eigenvalue weighted by atomic mass is 10.0. The molecule has 0 spiro atoms. The van der Waals surface area contributed by atoms with Crippen LogP contribution in [0.4, 0.5) is 68.2 Å². The monoisotopic (exact) mass is 788 g/mol. The van der Waals surface area contributed by atoms with E-state index in [1.54, 1.807) is 0 Å². The second-order valence-electron chi connectivity index (χ2n) is 15.3. The molecule has 296 valence electrons. The number of aryl methyl sites for hydroxylation is 3. The van der Waals surface area contributed by atoms with Crippen molar-refractivity contribution in [1.29, 1.82) is 0 Å². The van der Waals surface area contributed by atoms with E-state index in [0.29, 0.717) is 0 Å². The Morgan fingerprint density at radius 1 is 0.213 bits per heavy atom. The average molecular weight is 789 g/mol. The molecule has 0 radical (unpaired) electrons. The molecule has 0 bridgehead atoms. The largest absolute Gasteiger partial charge is 0.308 e. The van der Waals surface area contributed by atoms with Crippen LogP contribution in [0.1, 0.15) is 16.7 Å². The summed E-state index contributed by atoms with van der Waals surface area (Å²) < 4.78 is 0. The third-order valence-corrected chi connectivity index (χ3v) is 10.9. The molecule has 9 aromatic rings. The minimum atomic E-state index is 1.00. The van der Waals surface area contributed by atoms with Gasteiger partial charge in [-0.05, 0) is 147 Å². The van der Waals surface area contributed by atoms with E-state index in [1.165, 1.54) is 16.7 Å². The molecule has 4 nitrogen and oxygen atoms in total. The Hall–Kier alpha value is -7.82. The number of nitrogens with zero attached hydrogens (tertiary/aromatic N) is 4. The number of hydrogen-bond acceptors (Lipinski definition) is 4. The maximum Gasteiger partial charge on any atom is 0.0968 e. The fraction of sp³-hybridized carbons (Fsp3) is 0.0526. The molecule has 0 unspecified atom stereocenters. The minimum Gasteiger partial charge on any atom is -0.308 e. The van der Waals surface area contributed by atoms with Gasteiger partial charge in [0.2, 0.25) is 0 Å². The van der Waals surface area contributed by atoms with Gasteiger partial charge < -0.3 is 19.6 Å². The summed E-state index contributed by atoms with van der Waals surface area (Å²) >= 11 is 0. The first-order valence-electron chi connectivity index (χ1n) is 20.9. The van der Waals surface area contributed by atoms with Gasteiger partial charge in [0.15, 0.2) is 0 Å². The van der Waals surface area contributed by atoms with Gasteiger partial charge in [-0.1, -0.05) is 127 Å². The molecule has 0 fully saturated rings. The SMILES string of the molecule is Cc1cccc(N(c2ccccc2)c2ccc(N(c3ccccc3)c3ccccc3)c(N(c3ccccc3)c3cccc(C)c3)c2N(c2ccccc2)c2cccc(C)c2)c1. The normalized spacial score (nSPS) is 10.9. The fourth-order valence-corrected chi connectivity index (χ4v) is 8.22. The Labute approximate surface area is 360 Å². The van der Waals surface area contributed by atoms with Crippen molar-refractivity contribution in [3.8, 4) is 0 Å². The van der Waals surface area contributed by atoms with Crippen molar-refractivity contribution in [3.05, 3.63) is 253 Å². The minimum absolute atomic E-state index is 1.00. The molecular formula is C57H48N4. The van der Waals surface area contributed by atoms with Crippen LogP contribution >= 0.6 is 0 Å². The molecule has 9 rings (SSSR count). The van der Waals surface area contributed by atoms with Gasteiger partial charge in [-0.25, -0.2) is 0 Å². The molecule has 0 atom stereocenters. The number of benzene rings is 9. The quantitative estimate of drug-likeness (QED) is 0.122. The molecule has 0 heterocycles. The van der Waals surface area contributed by atoms with Crippen LogP contribution in [-0.2, 0) is 0 Å². The first-order chi connectivity index (χ1) is 30.0. The van der Waals surface area contributed by atoms with Crippen molar-refractivity contribution in [2.24, 2.45) is 0 Å². The molecule has 0 aromatic heterocycles. The second-order valence-corrected chi connectivity index (χ2v) is 15.3. The van der Waals surface area contributed by atoms with Gasteiger partial charge in [0, 0.05) is 45.5 Å². The fourth-order valence-electron chi connectivity index (χ4n) is 8.22. The Morgan fingerprint density at radius 2 is 0.443 bits per heavy atom. The van der Waals surface area contributed by atoms with E-state index < -0.39 is 0 Å². The summed E-state index contributed by atoms with van der Waals surface area (Å²) in [6.45, 7) is 6.50. The van der Waals surface area contributed by atoms with E-state index in [2.05, 4.69) is 277 Å². The predicted molar refractivity (Wildman–Crippen MR) is 259 cm³/mol. The zero-order valence-electron chi connectivity index (χ0n) is 34.8. The van der Waals surface area contributed by atoms with Crippen LogP contribution in [0, 0.1) is 20.8 Å². The van der Waals surface area contributed by atoms with Crippen molar-refractivity contribution < 1.29 is 0 Å². The number of anilines is 12. The van der Waals surface area contributed by atoms with Gasteiger partial charge in [-0.15, -0.1) is 0 Å². The van der Waals surface area contributed by atoms with Crippen LogP contribution in [0.5, 0.6) is 0 Å².